The number of nitrogens with zero attached hydrogens (tertiary/aromatic N) is 1. The van der Waals surface area contributed by atoms with Gasteiger partial charge >= 0.3 is 0 Å². The Kier molecular flexibility index (Phi) is 4.40. The van der Waals surface area contributed by atoms with Crippen molar-refractivity contribution in [1.29, 1.82) is 0 Å². The second-order valence-electron chi connectivity index (χ2n) is 5.66. The van der Waals surface area contributed by atoms with Crippen LogP contribution in [0, 0.1) is 5.92 Å². The van der Waals surface area contributed by atoms with Crippen LogP contribution < -0.4 is 5.32 Å². The van der Waals surface area contributed by atoms with Crippen LogP contribution >= 0.6 is 0 Å². The van der Waals surface area contributed by atoms with Crippen molar-refractivity contribution >= 4 is 17.7 Å². The molecule has 0 saturated heterocycles. The lowest BCUT2D eigenvalue weighted by molar-refractivity contribution is -0.122. The predicted octanol–water partition coefficient (Wildman–Crippen LogP) is 1.83. The highest BCUT2D eigenvalue weighted by atomic mass is 16.2. The zero-order chi connectivity index (χ0) is 15.6. The van der Waals surface area contributed by atoms with Crippen molar-refractivity contribution < 1.29 is 14.4 Å². The number of hydrogen-bond donors (Lipinski definition) is 1. The van der Waals surface area contributed by atoms with Gasteiger partial charge in [-0.3, -0.25) is 19.3 Å². The Morgan fingerprint density at radius 2 is 1.62 bits per heavy atom. The summed E-state index contributed by atoms with van der Waals surface area (Å²) >= 11 is 0. The summed E-state index contributed by atoms with van der Waals surface area (Å²) in [7, 11) is 0. The fourth-order valence-corrected chi connectivity index (χ4v) is 2.15. The Labute approximate surface area is 124 Å². The minimum absolute atomic E-state index is 0.0691. The van der Waals surface area contributed by atoms with Crippen LogP contribution in [-0.4, -0.2) is 35.2 Å². The lowest BCUT2D eigenvalue weighted by atomic mass is 10.1. The number of nitrogens with one attached hydrogen (secondary N) is 1. The number of benzene rings is 1. The van der Waals surface area contributed by atoms with Crippen LogP contribution in [0.4, 0.5) is 0 Å². The SMILES string of the molecule is CC(C)C(C)NC(=O)CCN1C(=O)c2ccccc2C1=O. The van der Waals surface area contributed by atoms with Crippen LogP contribution in [0.2, 0.25) is 0 Å². The first-order valence-corrected chi connectivity index (χ1v) is 7.16. The largest absolute Gasteiger partial charge is 0.353 e. The smallest absolute Gasteiger partial charge is 0.261 e. The molecule has 1 aromatic rings. The molecule has 2 rings (SSSR count). The van der Waals surface area contributed by atoms with Crippen LogP contribution in [0.3, 0.4) is 0 Å². The summed E-state index contributed by atoms with van der Waals surface area (Å²) in [5, 5.41) is 2.87. The van der Waals surface area contributed by atoms with Crippen molar-refractivity contribution in [3.05, 3.63) is 35.4 Å². The highest BCUT2D eigenvalue weighted by Crippen LogP contribution is 2.22. The van der Waals surface area contributed by atoms with E-state index < -0.39 is 0 Å². The average molecular weight is 288 g/mol. The molecule has 1 heterocycles. The summed E-state index contributed by atoms with van der Waals surface area (Å²) < 4.78 is 0. The molecule has 1 aliphatic rings. The third-order valence-corrected chi connectivity index (χ3v) is 3.83. The first-order chi connectivity index (χ1) is 9.91. The monoisotopic (exact) mass is 288 g/mol. The molecule has 1 N–H and O–H groups in total. The second-order valence-corrected chi connectivity index (χ2v) is 5.66. The van der Waals surface area contributed by atoms with Crippen molar-refractivity contribution in [2.75, 3.05) is 6.54 Å². The van der Waals surface area contributed by atoms with Gasteiger partial charge in [-0.05, 0) is 25.0 Å². The van der Waals surface area contributed by atoms with Crippen LogP contribution in [-0.2, 0) is 4.79 Å². The standard InChI is InChI=1S/C16H20N2O3/c1-10(2)11(3)17-14(19)8-9-18-15(20)12-6-4-5-7-13(12)16(18)21/h4-7,10-11H,8-9H2,1-3H3,(H,17,19). The molecular weight excluding hydrogens is 268 g/mol. The van der Waals surface area contributed by atoms with Crippen LogP contribution in [0.5, 0.6) is 0 Å². The first-order valence-electron chi connectivity index (χ1n) is 7.16. The van der Waals surface area contributed by atoms with Crippen LogP contribution in [0.1, 0.15) is 47.9 Å². The molecule has 21 heavy (non-hydrogen) atoms. The maximum Gasteiger partial charge on any atom is 0.261 e. The number of amides is 3. The predicted molar refractivity (Wildman–Crippen MR) is 78.9 cm³/mol. The lowest BCUT2D eigenvalue weighted by Gasteiger charge is -2.18. The van der Waals surface area contributed by atoms with Crippen molar-refractivity contribution in [3.8, 4) is 0 Å². The molecule has 0 aliphatic carbocycles. The molecule has 0 aromatic heterocycles. The molecule has 0 saturated carbocycles. The molecule has 3 amide bonds. The van der Waals surface area contributed by atoms with Gasteiger partial charge in [0.25, 0.3) is 11.8 Å². The highest BCUT2D eigenvalue weighted by Gasteiger charge is 2.34. The van der Waals surface area contributed by atoms with E-state index in [1.54, 1.807) is 24.3 Å². The van der Waals surface area contributed by atoms with Gasteiger partial charge < -0.3 is 5.32 Å². The second kappa shape index (κ2) is 6.08. The normalized spacial score (nSPS) is 15.3. The van der Waals surface area contributed by atoms with Crippen LogP contribution in [0.25, 0.3) is 0 Å². The van der Waals surface area contributed by atoms with E-state index in [0.717, 1.165) is 4.90 Å². The summed E-state index contributed by atoms with van der Waals surface area (Å²) in [6.07, 6.45) is 0.128. The zero-order valence-corrected chi connectivity index (χ0v) is 12.6. The van der Waals surface area contributed by atoms with E-state index in [9.17, 15) is 14.4 Å². The van der Waals surface area contributed by atoms with Gasteiger partial charge in [0, 0.05) is 19.0 Å². The number of imide groups is 1. The quantitative estimate of drug-likeness (QED) is 0.841. The van der Waals surface area contributed by atoms with Gasteiger partial charge in [0.15, 0.2) is 0 Å². The van der Waals surface area contributed by atoms with E-state index in [1.165, 1.54) is 0 Å². The topological polar surface area (TPSA) is 66.5 Å². The van der Waals surface area contributed by atoms with Crippen molar-refractivity contribution in [1.82, 2.24) is 10.2 Å². The number of hydrogen-bond acceptors (Lipinski definition) is 3. The van der Waals surface area contributed by atoms with Crippen molar-refractivity contribution in [3.63, 3.8) is 0 Å². The number of rotatable bonds is 5. The minimum Gasteiger partial charge on any atom is -0.353 e. The lowest BCUT2D eigenvalue weighted by Crippen LogP contribution is -2.39. The Morgan fingerprint density at radius 3 is 2.10 bits per heavy atom. The molecule has 0 bridgehead atoms. The highest BCUT2D eigenvalue weighted by molar-refractivity contribution is 6.21. The summed E-state index contributed by atoms with van der Waals surface area (Å²) in [4.78, 5) is 37.2. The third-order valence-electron chi connectivity index (χ3n) is 3.83. The van der Waals surface area contributed by atoms with E-state index in [-0.39, 0.29) is 36.7 Å². The number of fused-ring (bicyclic) bond motifs is 1. The molecule has 0 spiro atoms. The maximum atomic E-state index is 12.1. The van der Waals surface area contributed by atoms with Gasteiger partial charge in [-0.1, -0.05) is 26.0 Å². The molecule has 1 aromatic carbocycles. The average Bonchev–Trinajstić information content (AvgIpc) is 2.69. The van der Waals surface area contributed by atoms with Gasteiger partial charge in [-0.15, -0.1) is 0 Å². The van der Waals surface area contributed by atoms with E-state index in [4.69, 9.17) is 0 Å². The minimum atomic E-state index is -0.319. The summed E-state index contributed by atoms with van der Waals surface area (Å²) in [6, 6.07) is 6.79. The number of carbonyl (C=O) groups is 3. The van der Waals surface area contributed by atoms with Gasteiger partial charge in [-0.25, -0.2) is 0 Å². The van der Waals surface area contributed by atoms with Crippen LogP contribution in [0.15, 0.2) is 24.3 Å². The molecule has 5 nitrogen and oxygen atoms in total. The molecule has 1 unspecified atom stereocenters. The summed E-state index contributed by atoms with van der Waals surface area (Å²) in [5.41, 5.74) is 0.830. The Hall–Kier alpha value is -2.17. The van der Waals surface area contributed by atoms with E-state index >= 15 is 0 Å². The molecular formula is C16H20N2O3. The molecule has 1 aliphatic heterocycles. The molecule has 0 fully saturated rings. The molecule has 112 valence electrons. The third kappa shape index (κ3) is 3.12. The Balaban J connectivity index is 1.95. The molecule has 0 radical (unpaired) electrons. The summed E-state index contributed by atoms with van der Waals surface area (Å²) in [5.74, 6) is -0.443. The van der Waals surface area contributed by atoms with E-state index in [1.807, 2.05) is 20.8 Å². The fourth-order valence-electron chi connectivity index (χ4n) is 2.15. The zero-order valence-electron chi connectivity index (χ0n) is 12.6. The maximum absolute atomic E-state index is 12.1. The first kappa shape index (κ1) is 15.2. The van der Waals surface area contributed by atoms with E-state index in [0.29, 0.717) is 17.0 Å². The molecule has 5 heteroatoms. The van der Waals surface area contributed by atoms with Gasteiger partial charge in [-0.2, -0.15) is 0 Å². The van der Waals surface area contributed by atoms with Gasteiger partial charge in [0.1, 0.15) is 0 Å². The Morgan fingerprint density at radius 1 is 1.10 bits per heavy atom. The van der Waals surface area contributed by atoms with Gasteiger partial charge in [0.05, 0.1) is 11.1 Å². The van der Waals surface area contributed by atoms with Crippen molar-refractivity contribution in [2.24, 2.45) is 5.92 Å². The summed E-state index contributed by atoms with van der Waals surface area (Å²) in [6.45, 7) is 6.10. The van der Waals surface area contributed by atoms with Gasteiger partial charge in [0.2, 0.25) is 5.91 Å². The number of carbonyl (C=O) groups excluding carboxylic acids is 3. The Bertz CT molecular complexity index is 546. The molecule has 1 atom stereocenters. The van der Waals surface area contributed by atoms with Crippen molar-refractivity contribution in [2.45, 2.75) is 33.2 Å². The van der Waals surface area contributed by atoms with E-state index in [2.05, 4.69) is 5.32 Å². The fraction of sp³-hybridized carbons (Fsp3) is 0.438.